The summed E-state index contributed by atoms with van der Waals surface area (Å²) < 4.78 is 5.52. The molecule has 1 atom stereocenters. The van der Waals surface area contributed by atoms with Gasteiger partial charge in [-0.05, 0) is 50.8 Å². The van der Waals surface area contributed by atoms with E-state index in [1.54, 1.807) is 17.3 Å². The molecule has 0 bridgehead atoms. The number of allylic oxidation sites excluding steroid dienone is 1. The van der Waals surface area contributed by atoms with Crippen molar-refractivity contribution in [3.8, 4) is 0 Å². The minimum absolute atomic E-state index is 0.00168. The first-order valence-corrected chi connectivity index (χ1v) is 8.44. The highest BCUT2D eigenvalue weighted by molar-refractivity contribution is 6.28. The monoisotopic (exact) mass is 348 g/mol. The zero-order chi connectivity index (χ0) is 17.3. The van der Waals surface area contributed by atoms with Crippen LogP contribution in [0.15, 0.2) is 23.6 Å². The topological polar surface area (TPSA) is 67.7 Å². The minimum Gasteiger partial charge on any atom is -0.444 e. The summed E-state index contributed by atoms with van der Waals surface area (Å²) in [5, 5.41) is 0.227. The first kappa shape index (κ1) is 16.9. The average Bonchev–Trinajstić information content (AvgIpc) is 3.15. The number of ether oxygens (including phenoxy) is 1. The highest BCUT2D eigenvalue weighted by atomic mass is 35.5. The van der Waals surface area contributed by atoms with Gasteiger partial charge in [0.05, 0.1) is 6.04 Å². The molecule has 0 aliphatic carbocycles. The maximum atomic E-state index is 12.4. The van der Waals surface area contributed by atoms with Crippen molar-refractivity contribution in [3.63, 3.8) is 0 Å². The normalized spacial score (nSPS) is 20.8. The zero-order valence-corrected chi connectivity index (χ0v) is 14.9. The summed E-state index contributed by atoms with van der Waals surface area (Å²) >= 11 is 5.73. The number of nitrogens with zero attached hydrogens (tertiary/aromatic N) is 4. The Hall–Kier alpha value is -1.95. The number of likely N-dealkylation sites (tertiary alicyclic amines) is 1. The van der Waals surface area contributed by atoms with Crippen molar-refractivity contribution >= 4 is 29.0 Å². The van der Waals surface area contributed by atoms with Crippen LogP contribution in [0.2, 0.25) is 5.28 Å². The predicted octanol–water partition coefficient (Wildman–Crippen LogP) is 3.72. The maximum Gasteiger partial charge on any atom is 0.410 e. The predicted molar refractivity (Wildman–Crippen MR) is 93.0 cm³/mol. The number of halogens is 1. The molecule has 1 saturated heterocycles. The fourth-order valence-corrected chi connectivity index (χ4v) is 3.06. The van der Waals surface area contributed by atoms with Gasteiger partial charge in [-0.3, -0.25) is 9.89 Å². The quantitative estimate of drug-likeness (QED) is 0.764. The Morgan fingerprint density at radius 3 is 2.71 bits per heavy atom. The lowest BCUT2D eigenvalue weighted by molar-refractivity contribution is 0.0265. The van der Waals surface area contributed by atoms with Crippen LogP contribution in [0.1, 0.15) is 45.6 Å². The van der Waals surface area contributed by atoms with Gasteiger partial charge < -0.3 is 4.74 Å². The van der Waals surface area contributed by atoms with E-state index in [2.05, 4.69) is 15.0 Å². The van der Waals surface area contributed by atoms with Crippen molar-refractivity contribution in [2.24, 2.45) is 4.99 Å². The van der Waals surface area contributed by atoms with E-state index < -0.39 is 5.60 Å². The Bertz CT molecular complexity index is 692. The summed E-state index contributed by atoms with van der Waals surface area (Å²) in [6.07, 6.45) is 7.51. The molecular formula is C17H21ClN4O2. The van der Waals surface area contributed by atoms with Crippen LogP contribution >= 0.6 is 11.6 Å². The van der Waals surface area contributed by atoms with Crippen molar-refractivity contribution in [2.45, 2.75) is 51.7 Å². The standard InChI is InChI=1S/C17H21ClN4O2/c1-17(2,3)24-16(23)22-6-4-5-14(22)13-7-11(8-19-13)12-9-20-15(18)21-10-12/h8-10,14H,4-7H2,1-3H3/t14-/m0/s1. The van der Waals surface area contributed by atoms with Gasteiger partial charge in [-0.15, -0.1) is 0 Å². The second-order valence-corrected chi connectivity index (χ2v) is 7.36. The van der Waals surface area contributed by atoms with E-state index in [4.69, 9.17) is 16.3 Å². The van der Waals surface area contributed by atoms with E-state index >= 15 is 0 Å². The molecule has 0 radical (unpaired) electrons. The van der Waals surface area contributed by atoms with Crippen LogP contribution in [0.25, 0.3) is 5.57 Å². The molecule has 0 unspecified atom stereocenters. The summed E-state index contributed by atoms with van der Waals surface area (Å²) in [6, 6.07) is 0.00168. The van der Waals surface area contributed by atoms with Gasteiger partial charge in [0.1, 0.15) is 5.60 Å². The lowest BCUT2D eigenvalue weighted by Crippen LogP contribution is -2.43. The van der Waals surface area contributed by atoms with Gasteiger partial charge in [0.15, 0.2) is 0 Å². The molecule has 0 saturated carbocycles. The highest BCUT2D eigenvalue weighted by Crippen LogP contribution is 2.30. The van der Waals surface area contributed by atoms with Gasteiger partial charge in [-0.25, -0.2) is 14.8 Å². The van der Waals surface area contributed by atoms with Crippen LogP contribution in [0.4, 0.5) is 4.79 Å². The Morgan fingerprint density at radius 1 is 1.33 bits per heavy atom. The van der Waals surface area contributed by atoms with Crippen molar-refractivity contribution in [1.29, 1.82) is 0 Å². The summed E-state index contributed by atoms with van der Waals surface area (Å²) in [5.74, 6) is 0. The summed E-state index contributed by atoms with van der Waals surface area (Å²) in [5.41, 5.74) is 2.44. The molecule has 3 heterocycles. The number of aliphatic imine (C=N–C) groups is 1. The smallest absolute Gasteiger partial charge is 0.410 e. The van der Waals surface area contributed by atoms with Gasteiger partial charge in [0.2, 0.25) is 5.28 Å². The zero-order valence-electron chi connectivity index (χ0n) is 14.1. The molecule has 6 nitrogen and oxygen atoms in total. The van der Waals surface area contributed by atoms with E-state index in [0.717, 1.165) is 29.7 Å². The lowest BCUT2D eigenvalue weighted by atomic mass is 10.0. The van der Waals surface area contributed by atoms with Crippen molar-refractivity contribution in [2.75, 3.05) is 6.54 Å². The molecule has 128 valence electrons. The molecule has 7 heteroatoms. The molecule has 24 heavy (non-hydrogen) atoms. The molecule has 0 N–H and O–H groups in total. The van der Waals surface area contributed by atoms with Crippen molar-refractivity contribution in [1.82, 2.24) is 14.9 Å². The molecule has 1 aromatic heterocycles. The molecule has 1 aromatic rings. The van der Waals surface area contributed by atoms with Gasteiger partial charge in [0, 0.05) is 42.8 Å². The van der Waals surface area contributed by atoms with Crippen LogP contribution in [-0.4, -0.2) is 44.9 Å². The van der Waals surface area contributed by atoms with E-state index in [1.807, 2.05) is 27.0 Å². The van der Waals surface area contributed by atoms with Gasteiger partial charge in [-0.2, -0.15) is 0 Å². The number of carbonyl (C=O) groups excluding carboxylic acids is 1. The third-order valence-electron chi connectivity index (χ3n) is 4.01. The fraction of sp³-hybridized carbons (Fsp3) is 0.529. The van der Waals surface area contributed by atoms with Crippen LogP contribution < -0.4 is 0 Å². The van der Waals surface area contributed by atoms with E-state index in [0.29, 0.717) is 13.0 Å². The Kier molecular flexibility index (Phi) is 4.58. The SMILES string of the molecule is CC(C)(C)OC(=O)N1CCC[C@H]1C1=NC=C(c2cnc(Cl)nc2)C1. The summed E-state index contributed by atoms with van der Waals surface area (Å²) in [6.45, 7) is 6.34. The molecule has 1 fully saturated rings. The molecular weight excluding hydrogens is 328 g/mol. The molecule has 1 amide bonds. The van der Waals surface area contributed by atoms with Crippen molar-refractivity contribution < 1.29 is 9.53 Å². The highest BCUT2D eigenvalue weighted by Gasteiger charge is 2.36. The van der Waals surface area contributed by atoms with E-state index in [9.17, 15) is 4.79 Å². The van der Waals surface area contributed by atoms with Gasteiger partial charge in [0.25, 0.3) is 0 Å². The van der Waals surface area contributed by atoms with Crippen LogP contribution in [-0.2, 0) is 4.74 Å². The van der Waals surface area contributed by atoms with E-state index in [-0.39, 0.29) is 17.4 Å². The lowest BCUT2D eigenvalue weighted by Gasteiger charge is -2.28. The Balaban J connectivity index is 1.67. The van der Waals surface area contributed by atoms with E-state index in [1.165, 1.54) is 0 Å². The number of hydrogen-bond donors (Lipinski definition) is 0. The molecule has 0 aromatic carbocycles. The van der Waals surface area contributed by atoms with Crippen LogP contribution in [0, 0.1) is 0 Å². The first-order valence-electron chi connectivity index (χ1n) is 8.06. The molecule has 3 rings (SSSR count). The second kappa shape index (κ2) is 6.51. The number of amides is 1. The van der Waals surface area contributed by atoms with Crippen molar-refractivity contribution in [3.05, 3.63) is 29.4 Å². The molecule has 2 aliphatic heterocycles. The fourth-order valence-electron chi connectivity index (χ4n) is 2.96. The average molecular weight is 349 g/mol. The first-order chi connectivity index (χ1) is 11.3. The number of carbonyl (C=O) groups is 1. The van der Waals surface area contributed by atoms with Gasteiger partial charge >= 0.3 is 6.09 Å². The molecule has 2 aliphatic rings. The number of hydrogen-bond acceptors (Lipinski definition) is 5. The van der Waals surface area contributed by atoms with Crippen LogP contribution in [0.3, 0.4) is 0 Å². The largest absolute Gasteiger partial charge is 0.444 e. The summed E-state index contributed by atoms with van der Waals surface area (Å²) in [4.78, 5) is 26.8. The third kappa shape index (κ3) is 3.75. The minimum atomic E-state index is -0.494. The Morgan fingerprint density at radius 2 is 2.04 bits per heavy atom. The second-order valence-electron chi connectivity index (χ2n) is 7.02. The number of rotatable bonds is 2. The number of aromatic nitrogens is 2. The van der Waals surface area contributed by atoms with Crippen LogP contribution in [0.5, 0.6) is 0 Å². The molecule has 0 spiro atoms. The Labute approximate surface area is 146 Å². The maximum absolute atomic E-state index is 12.4. The van der Waals surface area contributed by atoms with Gasteiger partial charge in [-0.1, -0.05) is 0 Å². The third-order valence-corrected chi connectivity index (χ3v) is 4.21. The summed E-state index contributed by atoms with van der Waals surface area (Å²) in [7, 11) is 0.